The van der Waals surface area contributed by atoms with Gasteiger partial charge in [-0.25, -0.2) is 9.59 Å². The van der Waals surface area contributed by atoms with Crippen molar-refractivity contribution in [1.82, 2.24) is 4.57 Å². The maximum atomic E-state index is 11.7. The fourth-order valence-corrected chi connectivity index (χ4v) is 1.96. The van der Waals surface area contributed by atoms with Gasteiger partial charge in [-0.15, -0.1) is 0 Å². The monoisotopic (exact) mass is 292 g/mol. The van der Waals surface area contributed by atoms with Gasteiger partial charge in [0.05, 0.1) is 12.1 Å². The van der Waals surface area contributed by atoms with Gasteiger partial charge in [0.2, 0.25) is 0 Å². The van der Waals surface area contributed by atoms with E-state index in [4.69, 9.17) is 4.42 Å². The average Bonchev–Trinajstić information content (AvgIpc) is 2.75. The van der Waals surface area contributed by atoms with E-state index in [2.05, 4.69) is 10.1 Å². The highest BCUT2D eigenvalue weighted by atomic mass is 16.5. The second-order valence-corrected chi connectivity index (χ2v) is 4.38. The first-order valence-electron chi connectivity index (χ1n) is 6.68. The van der Waals surface area contributed by atoms with Crippen molar-refractivity contribution in [3.8, 4) is 0 Å². The third-order valence-corrected chi connectivity index (χ3v) is 2.83. The van der Waals surface area contributed by atoms with Crippen LogP contribution in [0.1, 0.15) is 20.3 Å². The number of carbonyl (C=O) groups is 2. The first-order valence-corrected chi connectivity index (χ1v) is 6.68. The molecule has 2 aromatic rings. The first kappa shape index (κ1) is 14.8. The molecular weight excluding hydrogens is 276 g/mol. The number of esters is 1. The van der Waals surface area contributed by atoms with Gasteiger partial charge < -0.3 is 14.5 Å². The van der Waals surface area contributed by atoms with Gasteiger partial charge in [0.25, 0.3) is 0 Å². The Balaban J connectivity index is 2.26. The van der Waals surface area contributed by atoms with Gasteiger partial charge in [-0.2, -0.15) is 0 Å². The summed E-state index contributed by atoms with van der Waals surface area (Å²) < 4.78 is 11.2. The molecule has 0 aliphatic heterocycles. The zero-order chi connectivity index (χ0) is 15.4. The smallest absolute Gasteiger partial charge is 0.419 e. The second kappa shape index (κ2) is 6.25. The molecule has 0 unspecified atom stereocenters. The normalized spacial score (nSPS) is 10.6. The minimum atomic E-state index is -0.956. The molecule has 1 heterocycles. The molecule has 0 fully saturated rings. The lowest BCUT2D eigenvalue weighted by Crippen LogP contribution is -2.24. The summed E-state index contributed by atoms with van der Waals surface area (Å²) in [7, 11) is 0. The van der Waals surface area contributed by atoms with Gasteiger partial charge in [0.1, 0.15) is 0 Å². The van der Waals surface area contributed by atoms with E-state index in [0.29, 0.717) is 23.3 Å². The predicted molar refractivity (Wildman–Crippen MR) is 76.0 cm³/mol. The van der Waals surface area contributed by atoms with Gasteiger partial charge in [0, 0.05) is 18.3 Å². The SMILES string of the molecule is CCCn1c(=O)oc2cc(NC(=O)C(=O)OCC)ccc21. The van der Waals surface area contributed by atoms with E-state index in [-0.39, 0.29) is 6.61 Å². The topological polar surface area (TPSA) is 90.5 Å². The summed E-state index contributed by atoms with van der Waals surface area (Å²) in [6.45, 7) is 4.25. The van der Waals surface area contributed by atoms with Crippen LogP contribution in [0.4, 0.5) is 5.69 Å². The maximum Gasteiger partial charge on any atom is 0.419 e. The molecule has 1 aromatic heterocycles. The Kier molecular flexibility index (Phi) is 4.42. The number of aryl methyl sites for hydroxylation is 1. The lowest BCUT2D eigenvalue weighted by Gasteiger charge is -2.04. The van der Waals surface area contributed by atoms with Crippen LogP contribution >= 0.6 is 0 Å². The van der Waals surface area contributed by atoms with Crippen molar-refractivity contribution in [3.05, 3.63) is 28.7 Å². The molecule has 1 aromatic carbocycles. The number of hydrogen-bond donors (Lipinski definition) is 1. The molecule has 0 saturated carbocycles. The predicted octanol–water partition coefficient (Wildman–Crippen LogP) is 1.51. The van der Waals surface area contributed by atoms with Crippen molar-refractivity contribution in [2.45, 2.75) is 26.8 Å². The number of hydrogen-bond acceptors (Lipinski definition) is 5. The third-order valence-electron chi connectivity index (χ3n) is 2.83. The van der Waals surface area contributed by atoms with E-state index in [1.165, 1.54) is 10.6 Å². The number of amides is 1. The Labute approximate surface area is 120 Å². The molecular formula is C14H16N2O5. The highest BCUT2D eigenvalue weighted by molar-refractivity contribution is 6.37. The summed E-state index contributed by atoms with van der Waals surface area (Å²) >= 11 is 0. The Hall–Kier alpha value is -2.57. The number of fused-ring (bicyclic) bond motifs is 1. The summed E-state index contributed by atoms with van der Waals surface area (Å²) in [5.74, 6) is -2.27. The number of carbonyl (C=O) groups excluding carboxylic acids is 2. The molecule has 0 spiro atoms. The quantitative estimate of drug-likeness (QED) is 0.681. The van der Waals surface area contributed by atoms with E-state index >= 15 is 0 Å². The maximum absolute atomic E-state index is 11.7. The molecule has 7 nitrogen and oxygen atoms in total. The van der Waals surface area contributed by atoms with E-state index < -0.39 is 17.6 Å². The molecule has 2 rings (SSSR count). The number of nitrogens with one attached hydrogen (secondary N) is 1. The zero-order valence-electron chi connectivity index (χ0n) is 11.8. The van der Waals surface area contributed by atoms with Gasteiger partial charge in [-0.1, -0.05) is 6.92 Å². The van der Waals surface area contributed by atoms with Crippen LogP contribution in [-0.4, -0.2) is 23.1 Å². The average molecular weight is 292 g/mol. The highest BCUT2D eigenvalue weighted by Crippen LogP contribution is 2.18. The van der Waals surface area contributed by atoms with Crippen LogP contribution in [0.15, 0.2) is 27.4 Å². The number of oxazole rings is 1. The standard InChI is InChI=1S/C14H16N2O5/c1-3-7-16-10-6-5-9(8-11(10)21-14(16)19)15-12(17)13(18)20-4-2/h5-6,8H,3-4,7H2,1-2H3,(H,15,17). The van der Waals surface area contributed by atoms with E-state index in [1.807, 2.05) is 6.92 Å². The highest BCUT2D eigenvalue weighted by Gasteiger charge is 2.16. The van der Waals surface area contributed by atoms with Gasteiger partial charge >= 0.3 is 17.6 Å². The van der Waals surface area contributed by atoms with Gasteiger partial charge in [0.15, 0.2) is 5.58 Å². The summed E-state index contributed by atoms with van der Waals surface area (Å²) in [6, 6.07) is 4.76. The van der Waals surface area contributed by atoms with Crippen LogP contribution in [0.3, 0.4) is 0 Å². The number of ether oxygens (including phenoxy) is 1. The summed E-state index contributed by atoms with van der Waals surface area (Å²) in [4.78, 5) is 34.5. The molecule has 1 N–H and O–H groups in total. The second-order valence-electron chi connectivity index (χ2n) is 4.38. The number of nitrogens with zero attached hydrogens (tertiary/aromatic N) is 1. The Morgan fingerprint density at radius 1 is 1.33 bits per heavy atom. The minimum Gasteiger partial charge on any atom is -0.459 e. The molecule has 112 valence electrons. The number of rotatable bonds is 4. The number of aromatic nitrogens is 1. The van der Waals surface area contributed by atoms with Crippen molar-refractivity contribution in [2.24, 2.45) is 0 Å². The summed E-state index contributed by atoms with van der Waals surface area (Å²) in [6.07, 6.45) is 0.801. The summed E-state index contributed by atoms with van der Waals surface area (Å²) in [5, 5.41) is 2.39. The van der Waals surface area contributed by atoms with Crippen molar-refractivity contribution < 1.29 is 18.7 Å². The Bertz CT molecular complexity index is 729. The van der Waals surface area contributed by atoms with Crippen LogP contribution in [-0.2, 0) is 20.9 Å². The van der Waals surface area contributed by atoms with Crippen LogP contribution in [0, 0.1) is 0 Å². The zero-order valence-corrected chi connectivity index (χ0v) is 11.8. The van der Waals surface area contributed by atoms with Gasteiger partial charge in [-0.3, -0.25) is 9.36 Å². The number of anilines is 1. The lowest BCUT2D eigenvalue weighted by atomic mass is 10.2. The molecule has 21 heavy (non-hydrogen) atoms. The van der Waals surface area contributed by atoms with E-state index in [0.717, 1.165) is 6.42 Å². The molecule has 0 atom stereocenters. The van der Waals surface area contributed by atoms with Gasteiger partial charge in [-0.05, 0) is 25.5 Å². The molecule has 0 aliphatic carbocycles. The first-order chi connectivity index (χ1) is 10.1. The van der Waals surface area contributed by atoms with E-state index in [1.54, 1.807) is 19.1 Å². The molecule has 0 aliphatic rings. The Morgan fingerprint density at radius 3 is 2.76 bits per heavy atom. The van der Waals surface area contributed by atoms with Crippen molar-refractivity contribution >= 4 is 28.7 Å². The Morgan fingerprint density at radius 2 is 2.10 bits per heavy atom. The van der Waals surface area contributed by atoms with Crippen molar-refractivity contribution in [1.29, 1.82) is 0 Å². The van der Waals surface area contributed by atoms with Crippen molar-refractivity contribution in [3.63, 3.8) is 0 Å². The number of benzene rings is 1. The molecule has 0 bridgehead atoms. The van der Waals surface area contributed by atoms with Crippen LogP contribution < -0.4 is 11.1 Å². The van der Waals surface area contributed by atoms with Crippen LogP contribution in [0.25, 0.3) is 11.1 Å². The fourth-order valence-electron chi connectivity index (χ4n) is 1.96. The summed E-state index contributed by atoms with van der Waals surface area (Å²) in [5.41, 5.74) is 1.36. The van der Waals surface area contributed by atoms with Crippen LogP contribution in [0.2, 0.25) is 0 Å². The molecule has 0 radical (unpaired) electrons. The fraction of sp³-hybridized carbons (Fsp3) is 0.357. The van der Waals surface area contributed by atoms with Crippen LogP contribution in [0.5, 0.6) is 0 Å². The molecule has 7 heteroatoms. The third kappa shape index (κ3) is 3.13. The van der Waals surface area contributed by atoms with Crippen molar-refractivity contribution in [2.75, 3.05) is 11.9 Å². The molecule has 1 amide bonds. The minimum absolute atomic E-state index is 0.125. The molecule has 0 saturated heterocycles. The lowest BCUT2D eigenvalue weighted by molar-refractivity contribution is -0.152. The largest absolute Gasteiger partial charge is 0.459 e. The van der Waals surface area contributed by atoms with E-state index in [9.17, 15) is 14.4 Å².